The Kier molecular flexibility index (Phi) is 6.08. The molecule has 10 heteroatoms. The second-order valence-electron chi connectivity index (χ2n) is 7.62. The van der Waals surface area contributed by atoms with E-state index in [1.165, 1.54) is 22.7 Å². The smallest absolute Gasteiger partial charge is 0.240 e. The highest BCUT2D eigenvalue weighted by atomic mass is 32.1. The Hall–Kier alpha value is -2.92. The first kappa shape index (κ1) is 21.0. The first-order chi connectivity index (χ1) is 15.6. The summed E-state index contributed by atoms with van der Waals surface area (Å²) in [5.41, 5.74) is 1.79. The largest absolute Gasteiger partial charge is 0.301 e. The third kappa shape index (κ3) is 4.94. The molecule has 1 aliphatic rings. The number of nitrogens with zero attached hydrogens (tertiary/aromatic N) is 4. The molecule has 5 rings (SSSR count). The monoisotopic (exact) mass is 466 g/mol. The number of carbonyl (C=O) groups is 2. The topological polar surface area (TPSA) is 90.5 Å². The van der Waals surface area contributed by atoms with Gasteiger partial charge in [0.2, 0.25) is 11.8 Å². The number of thiazole rings is 2. The van der Waals surface area contributed by atoms with Gasteiger partial charge in [-0.2, -0.15) is 0 Å². The number of benzene rings is 2. The van der Waals surface area contributed by atoms with Crippen LogP contribution in [0.15, 0.2) is 48.5 Å². The van der Waals surface area contributed by atoms with E-state index >= 15 is 0 Å². The van der Waals surface area contributed by atoms with Crippen molar-refractivity contribution in [2.45, 2.75) is 0 Å². The fraction of sp³-hybridized carbons (Fsp3) is 0.273. The number of aromatic nitrogens is 2. The third-order valence-corrected chi connectivity index (χ3v) is 7.18. The van der Waals surface area contributed by atoms with Crippen molar-refractivity contribution in [3.63, 3.8) is 0 Å². The normalized spacial score (nSPS) is 15.2. The molecule has 2 aromatic carbocycles. The van der Waals surface area contributed by atoms with Crippen LogP contribution in [0.2, 0.25) is 0 Å². The lowest BCUT2D eigenvalue weighted by molar-refractivity contribution is -0.120. The number of para-hydroxylation sites is 2. The molecular formula is C22H22N6O2S2. The van der Waals surface area contributed by atoms with Crippen LogP contribution in [-0.4, -0.2) is 70.9 Å². The van der Waals surface area contributed by atoms with Crippen molar-refractivity contribution < 1.29 is 9.59 Å². The number of rotatable bonds is 6. The maximum Gasteiger partial charge on any atom is 0.240 e. The quantitative estimate of drug-likeness (QED) is 0.454. The summed E-state index contributed by atoms with van der Waals surface area (Å²) in [4.78, 5) is 38.0. The van der Waals surface area contributed by atoms with Crippen molar-refractivity contribution in [1.82, 2.24) is 19.8 Å². The Balaban J connectivity index is 1.07. The second-order valence-corrected chi connectivity index (χ2v) is 9.68. The van der Waals surface area contributed by atoms with Gasteiger partial charge < -0.3 is 10.6 Å². The molecule has 1 fully saturated rings. The summed E-state index contributed by atoms with van der Waals surface area (Å²) in [6.07, 6.45) is 0. The van der Waals surface area contributed by atoms with Gasteiger partial charge >= 0.3 is 0 Å². The number of fused-ring (bicyclic) bond motifs is 2. The zero-order valence-corrected chi connectivity index (χ0v) is 18.9. The molecule has 4 aromatic rings. The molecule has 0 saturated carbocycles. The van der Waals surface area contributed by atoms with E-state index in [-0.39, 0.29) is 11.8 Å². The van der Waals surface area contributed by atoms with Crippen LogP contribution in [0.25, 0.3) is 20.4 Å². The summed E-state index contributed by atoms with van der Waals surface area (Å²) in [6, 6.07) is 15.7. The standard InChI is InChI=1S/C22H22N6O2S2/c29-19(25-21-23-15-5-1-3-7-17(15)31-21)13-27-9-11-28(12-10-27)14-20(30)26-22-24-16-6-2-4-8-18(16)32-22/h1-8H,9-14H2,(H,23,25,29)(H,24,26,30). The van der Waals surface area contributed by atoms with Gasteiger partial charge in [0.1, 0.15) is 0 Å². The average molecular weight is 467 g/mol. The van der Waals surface area contributed by atoms with Crippen molar-refractivity contribution >= 4 is 65.2 Å². The number of anilines is 2. The van der Waals surface area contributed by atoms with Crippen LogP contribution < -0.4 is 10.6 Å². The van der Waals surface area contributed by atoms with E-state index in [0.717, 1.165) is 46.6 Å². The van der Waals surface area contributed by atoms with E-state index in [9.17, 15) is 9.59 Å². The minimum Gasteiger partial charge on any atom is -0.301 e. The SMILES string of the molecule is O=C(CN1CCN(CC(=O)Nc2nc3ccccc3s2)CC1)Nc1nc2ccccc2s1. The zero-order valence-electron chi connectivity index (χ0n) is 17.3. The van der Waals surface area contributed by atoms with E-state index in [1.807, 2.05) is 48.5 Å². The Morgan fingerprint density at radius 3 is 1.53 bits per heavy atom. The van der Waals surface area contributed by atoms with Crippen LogP contribution in [0.3, 0.4) is 0 Å². The number of piperazine rings is 1. The number of nitrogens with one attached hydrogen (secondary N) is 2. The lowest BCUT2D eigenvalue weighted by Gasteiger charge is -2.33. The van der Waals surface area contributed by atoms with Gasteiger partial charge in [-0.1, -0.05) is 46.9 Å². The van der Waals surface area contributed by atoms with Crippen LogP contribution in [-0.2, 0) is 9.59 Å². The van der Waals surface area contributed by atoms with E-state index in [2.05, 4.69) is 30.4 Å². The molecule has 0 bridgehead atoms. The highest BCUT2D eigenvalue weighted by Gasteiger charge is 2.21. The van der Waals surface area contributed by atoms with Crippen LogP contribution >= 0.6 is 22.7 Å². The van der Waals surface area contributed by atoms with E-state index in [4.69, 9.17) is 0 Å². The average Bonchev–Trinajstić information content (AvgIpc) is 3.37. The lowest BCUT2D eigenvalue weighted by atomic mass is 10.3. The van der Waals surface area contributed by atoms with Crippen molar-refractivity contribution in [2.75, 3.05) is 49.9 Å². The summed E-state index contributed by atoms with van der Waals surface area (Å²) in [5.74, 6) is -0.128. The minimum atomic E-state index is -0.0638. The summed E-state index contributed by atoms with van der Waals surface area (Å²) in [5, 5.41) is 7.06. The van der Waals surface area contributed by atoms with E-state index in [1.54, 1.807) is 0 Å². The predicted molar refractivity (Wildman–Crippen MR) is 129 cm³/mol. The Bertz CT molecular complexity index is 1100. The highest BCUT2D eigenvalue weighted by molar-refractivity contribution is 7.22. The fourth-order valence-electron chi connectivity index (χ4n) is 3.68. The Morgan fingerprint density at radius 2 is 1.12 bits per heavy atom. The first-order valence-electron chi connectivity index (χ1n) is 10.4. The highest BCUT2D eigenvalue weighted by Crippen LogP contribution is 2.26. The molecular weight excluding hydrogens is 444 g/mol. The fourth-order valence-corrected chi connectivity index (χ4v) is 5.44. The number of hydrogen-bond donors (Lipinski definition) is 2. The molecule has 2 amide bonds. The number of carbonyl (C=O) groups excluding carboxylic acids is 2. The third-order valence-electron chi connectivity index (χ3n) is 5.28. The van der Waals surface area contributed by atoms with Crippen LogP contribution in [0, 0.1) is 0 Å². The Morgan fingerprint density at radius 1 is 0.719 bits per heavy atom. The molecule has 2 N–H and O–H groups in total. The first-order valence-corrected chi connectivity index (χ1v) is 12.0. The second kappa shape index (κ2) is 9.29. The predicted octanol–water partition coefficient (Wildman–Crippen LogP) is 3.10. The molecule has 3 heterocycles. The molecule has 0 aliphatic carbocycles. The van der Waals surface area contributed by atoms with Gasteiger partial charge in [0.25, 0.3) is 0 Å². The van der Waals surface area contributed by atoms with Gasteiger partial charge in [-0.05, 0) is 24.3 Å². The molecule has 8 nitrogen and oxygen atoms in total. The number of amides is 2. The van der Waals surface area contributed by atoms with E-state index in [0.29, 0.717) is 23.4 Å². The summed E-state index contributed by atoms with van der Waals surface area (Å²) in [6.45, 7) is 3.59. The van der Waals surface area contributed by atoms with Crippen molar-refractivity contribution in [3.8, 4) is 0 Å². The summed E-state index contributed by atoms with van der Waals surface area (Å²) < 4.78 is 2.11. The van der Waals surface area contributed by atoms with Gasteiger partial charge in [-0.25, -0.2) is 9.97 Å². The van der Waals surface area contributed by atoms with Crippen molar-refractivity contribution in [2.24, 2.45) is 0 Å². The summed E-state index contributed by atoms with van der Waals surface area (Å²) in [7, 11) is 0. The number of hydrogen-bond acceptors (Lipinski definition) is 8. The Labute approximate surface area is 192 Å². The molecule has 0 radical (unpaired) electrons. The molecule has 0 unspecified atom stereocenters. The maximum atomic E-state index is 12.4. The molecule has 1 saturated heterocycles. The minimum absolute atomic E-state index is 0.0638. The lowest BCUT2D eigenvalue weighted by Crippen LogP contribution is -2.50. The van der Waals surface area contributed by atoms with Crippen LogP contribution in [0.4, 0.5) is 10.3 Å². The van der Waals surface area contributed by atoms with Gasteiger partial charge in [-0.3, -0.25) is 19.4 Å². The van der Waals surface area contributed by atoms with E-state index < -0.39 is 0 Å². The molecule has 164 valence electrons. The summed E-state index contributed by atoms with van der Waals surface area (Å²) >= 11 is 2.96. The molecule has 2 aromatic heterocycles. The van der Waals surface area contributed by atoms with Crippen LogP contribution in [0.5, 0.6) is 0 Å². The zero-order chi connectivity index (χ0) is 21.9. The van der Waals surface area contributed by atoms with Gasteiger partial charge in [-0.15, -0.1) is 0 Å². The molecule has 32 heavy (non-hydrogen) atoms. The van der Waals surface area contributed by atoms with Gasteiger partial charge in [0.05, 0.1) is 33.5 Å². The van der Waals surface area contributed by atoms with Crippen molar-refractivity contribution in [3.05, 3.63) is 48.5 Å². The molecule has 0 atom stereocenters. The molecule has 0 spiro atoms. The maximum absolute atomic E-state index is 12.4. The van der Waals surface area contributed by atoms with Gasteiger partial charge in [0.15, 0.2) is 10.3 Å². The van der Waals surface area contributed by atoms with Crippen LogP contribution in [0.1, 0.15) is 0 Å². The molecule has 1 aliphatic heterocycles. The van der Waals surface area contributed by atoms with Gasteiger partial charge in [0, 0.05) is 26.2 Å². The van der Waals surface area contributed by atoms with Crippen molar-refractivity contribution in [1.29, 1.82) is 0 Å².